The molecule has 0 fully saturated rings. The number of benzene rings is 1. The standard InChI is InChI=1S/C13H14N2O2/c1-9-7-10(3-4-12(9)14)17-11-5-6-15-13(8-11)16-2/h3-8H,14H2,1-2H3. The highest BCUT2D eigenvalue weighted by atomic mass is 16.5. The normalized spacial score (nSPS) is 10.0. The van der Waals surface area contributed by atoms with Crippen molar-refractivity contribution < 1.29 is 9.47 Å². The first-order valence-corrected chi connectivity index (χ1v) is 5.23. The smallest absolute Gasteiger partial charge is 0.216 e. The Bertz CT molecular complexity index is 527. The monoisotopic (exact) mass is 230 g/mol. The van der Waals surface area contributed by atoms with Gasteiger partial charge >= 0.3 is 0 Å². The van der Waals surface area contributed by atoms with E-state index in [1.54, 1.807) is 25.4 Å². The number of ether oxygens (including phenoxy) is 2. The van der Waals surface area contributed by atoms with Crippen LogP contribution in [0.25, 0.3) is 0 Å². The highest BCUT2D eigenvalue weighted by Gasteiger charge is 2.01. The molecule has 1 heterocycles. The van der Waals surface area contributed by atoms with Gasteiger partial charge in [0.25, 0.3) is 0 Å². The average Bonchev–Trinajstić information content (AvgIpc) is 2.34. The van der Waals surface area contributed by atoms with E-state index < -0.39 is 0 Å². The zero-order valence-electron chi connectivity index (χ0n) is 9.81. The van der Waals surface area contributed by atoms with Gasteiger partial charge in [0.05, 0.1) is 7.11 Å². The van der Waals surface area contributed by atoms with Crippen LogP contribution in [0.5, 0.6) is 17.4 Å². The molecule has 1 aromatic heterocycles. The number of hydrogen-bond acceptors (Lipinski definition) is 4. The van der Waals surface area contributed by atoms with Gasteiger partial charge in [-0.15, -0.1) is 0 Å². The number of aryl methyl sites for hydroxylation is 1. The highest BCUT2D eigenvalue weighted by Crippen LogP contribution is 2.26. The molecule has 0 aliphatic carbocycles. The fourth-order valence-corrected chi connectivity index (χ4v) is 1.41. The van der Waals surface area contributed by atoms with Crippen molar-refractivity contribution in [2.24, 2.45) is 0 Å². The molecule has 1 aromatic carbocycles. The molecule has 2 rings (SSSR count). The molecule has 0 unspecified atom stereocenters. The zero-order valence-corrected chi connectivity index (χ0v) is 9.81. The summed E-state index contributed by atoms with van der Waals surface area (Å²) in [7, 11) is 1.57. The topological polar surface area (TPSA) is 57.4 Å². The van der Waals surface area contributed by atoms with Crippen molar-refractivity contribution in [3.63, 3.8) is 0 Å². The third kappa shape index (κ3) is 2.66. The molecule has 0 saturated heterocycles. The third-order valence-corrected chi connectivity index (χ3v) is 2.39. The van der Waals surface area contributed by atoms with Crippen molar-refractivity contribution in [3.8, 4) is 17.4 Å². The molecule has 0 spiro atoms. The van der Waals surface area contributed by atoms with Crippen molar-refractivity contribution in [1.29, 1.82) is 0 Å². The van der Waals surface area contributed by atoms with E-state index in [9.17, 15) is 0 Å². The summed E-state index contributed by atoms with van der Waals surface area (Å²) in [6, 6.07) is 9.04. The summed E-state index contributed by atoms with van der Waals surface area (Å²) < 4.78 is 10.7. The van der Waals surface area contributed by atoms with Crippen LogP contribution < -0.4 is 15.2 Å². The molecule has 0 bridgehead atoms. The minimum absolute atomic E-state index is 0.523. The Morgan fingerprint density at radius 1 is 1.12 bits per heavy atom. The number of rotatable bonds is 3. The van der Waals surface area contributed by atoms with Crippen molar-refractivity contribution in [3.05, 3.63) is 42.1 Å². The van der Waals surface area contributed by atoms with Crippen molar-refractivity contribution in [2.45, 2.75) is 6.92 Å². The van der Waals surface area contributed by atoms with Gasteiger partial charge in [0.15, 0.2) is 0 Å². The average molecular weight is 230 g/mol. The van der Waals surface area contributed by atoms with Crippen LogP contribution >= 0.6 is 0 Å². The summed E-state index contributed by atoms with van der Waals surface area (Å²) in [5.41, 5.74) is 7.49. The van der Waals surface area contributed by atoms with E-state index in [0.29, 0.717) is 11.6 Å². The molecule has 4 heteroatoms. The largest absolute Gasteiger partial charge is 0.481 e. The number of nitrogens with two attached hydrogens (primary N) is 1. The maximum atomic E-state index is 5.74. The van der Waals surface area contributed by atoms with E-state index in [1.807, 2.05) is 25.1 Å². The molecule has 4 nitrogen and oxygen atoms in total. The first-order valence-electron chi connectivity index (χ1n) is 5.23. The molecule has 0 saturated carbocycles. The molecule has 0 radical (unpaired) electrons. The number of nitrogen functional groups attached to an aromatic ring is 1. The second-order valence-corrected chi connectivity index (χ2v) is 3.65. The van der Waals surface area contributed by atoms with E-state index >= 15 is 0 Å². The fraction of sp³-hybridized carbons (Fsp3) is 0.154. The van der Waals surface area contributed by atoms with Gasteiger partial charge in [-0.25, -0.2) is 4.98 Å². The van der Waals surface area contributed by atoms with Crippen molar-refractivity contribution in [2.75, 3.05) is 12.8 Å². The van der Waals surface area contributed by atoms with E-state index in [2.05, 4.69) is 4.98 Å². The molecule has 2 N–H and O–H groups in total. The quantitative estimate of drug-likeness (QED) is 0.824. The van der Waals surface area contributed by atoms with Gasteiger partial charge in [-0.1, -0.05) is 0 Å². The molecule has 0 aliphatic heterocycles. The first-order chi connectivity index (χ1) is 8.19. The van der Waals surface area contributed by atoms with Gasteiger partial charge in [-0.2, -0.15) is 0 Å². The van der Waals surface area contributed by atoms with Crippen LogP contribution in [-0.2, 0) is 0 Å². The Morgan fingerprint density at radius 3 is 2.59 bits per heavy atom. The minimum atomic E-state index is 0.523. The van der Waals surface area contributed by atoms with Crippen molar-refractivity contribution in [1.82, 2.24) is 4.98 Å². The van der Waals surface area contributed by atoms with Gasteiger partial charge in [-0.3, -0.25) is 0 Å². The lowest BCUT2D eigenvalue weighted by Crippen LogP contribution is -1.92. The molecule has 0 atom stereocenters. The van der Waals surface area contributed by atoms with Gasteiger partial charge < -0.3 is 15.2 Å². The summed E-state index contributed by atoms with van der Waals surface area (Å²) in [5, 5.41) is 0. The summed E-state index contributed by atoms with van der Waals surface area (Å²) in [4.78, 5) is 4.01. The number of hydrogen-bond donors (Lipinski definition) is 1. The summed E-state index contributed by atoms with van der Waals surface area (Å²) in [6.07, 6.45) is 1.64. The van der Waals surface area contributed by atoms with Crippen LogP contribution in [0.3, 0.4) is 0 Å². The van der Waals surface area contributed by atoms with Crippen LogP contribution in [0, 0.1) is 6.92 Å². The maximum Gasteiger partial charge on any atom is 0.216 e. The second kappa shape index (κ2) is 4.74. The van der Waals surface area contributed by atoms with E-state index in [-0.39, 0.29) is 0 Å². The lowest BCUT2D eigenvalue weighted by Gasteiger charge is -2.08. The first kappa shape index (κ1) is 11.3. The van der Waals surface area contributed by atoms with E-state index in [0.717, 1.165) is 17.0 Å². The number of pyridine rings is 1. The molecular formula is C13H14N2O2. The predicted octanol–water partition coefficient (Wildman–Crippen LogP) is 2.77. The lowest BCUT2D eigenvalue weighted by molar-refractivity contribution is 0.392. The SMILES string of the molecule is COc1cc(Oc2ccc(N)c(C)c2)ccn1. The van der Waals surface area contributed by atoms with E-state index in [1.165, 1.54) is 0 Å². The number of methoxy groups -OCH3 is 1. The van der Waals surface area contributed by atoms with Gasteiger partial charge in [0, 0.05) is 18.0 Å². The fourth-order valence-electron chi connectivity index (χ4n) is 1.41. The predicted molar refractivity (Wildman–Crippen MR) is 66.5 cm³/mol. The van der Waals surface area contributed by atoms with Gasteiger partial charge in [0.2, 0.25) is 5.88 Å². The molecule has 0 amide bonds. The third-order valence-electron chi connectivity index (χ3n) is 2.39. The Hall–Kier alpha value is -2.23. The number of aromatic nitrogens is 1. The molecule has 17 heavy (non-hydrogen) atoms. The van der Waals surface area contributed by atoms with Crippen LogP contribution in [-0.4, -0.2) is 12.1 Å². The van der Waals surface area contributed by atoms with Crippen molar-refractivity contribution >= 4 is 5.69 Å². The Kier molecular flexibility index (Phi) is 3.14. The summed E-state index contributed by atoms with van der Waals surface area (Å²) >= 11 is 0. The Labute approximate surface area is 100 Å². The minimum Gasteiger partial charge on any atom is -0.481 e. The molecule has 2 aromatic rings. The van der Waals surface area contributed by atoms with Crippen LogP contribution in [0.4, 0.5) is 5.69 Å². The summed E-state index contributed by atoms with van der Waals surface area (Å²) in [5.74, 6) is 1.95. The van der Waals surface area contributed by atoms with Crippen LogP contribution in [0.15, 0.2) is 36.5 Å². The maximum absolute atomic E-state index is 5.74. The van der Waals surface area contributed by atoms with E-state index in [4.69, 9.17) is 15.2 Å². The number of anilines is 1. The Balaban J connectivity index is 2.22. The van der Waals surface area contributed by atoms with Gasteiger partial charge in [-0.05, 0) is 36.8 Å². The second-order valence-electron chi connectivity index (χ2n) is 3.65. The zero-order chi connectivity index (χ0) is 12.3. The lowest BCUT2D eigenvalue weighted by atomic mass is 10.2. The van der Waals surface area contributed by atoms with Crippen LogP contribution in [0.2, 0.25) is 0 Å². The molecular weight excluding hydrogens is 216 g/mol. The highest BCUT2D eigenvalue weighted by molar-refractivity contribution is 5.50. The van der Waals surface area contributed by atoms with Crippen LogP contribution in [0.1, 0.15) is 5.56 Å². The molecule has 0 aliphatic rings. The Morgan fingerprint density at radius 2 is 1.88 bits per heavy atom. The summed E-state index contributed by atoms with van der Waals surface area (Å²) in [6.45, 7) is 1.94. The number of nitrogens with zero attached hydrogens (tertiary/aromatic N) is 1. The molecule has 88 valence electrons. The van der Waals surface area contributed by atoms with Gasteiger partial charge in [0.1, 0.15) is 11.5 Å².